The molecule has 4 nitrogen and oxygen atoms in total. The van der Waals surface area contributed by atoms with Crippen molar-refractivity contribution in [2.24, 2.45) is 0 Å². The summed E-state index contributed by atoms with van der Waals surface area (Å²) in [5.41, 5.74) is 0.862. The fourth-order valence-electron chi connectivity index (χ4n) is 1.81. The standard InChI is InChI=1S/C16H10ClFN2O2S/c17-13-9-11(3-6-14(13)18)20-15(21)10-1-4-12(5-2-10)22-16-19-7-8-23-16/h1-9H,(H,20,21). The SMILES string of the molecule is O=C(Nc1ccc(F)c(Cl)c1)c1ccc(Oc2nccs2)cc1. The Morgan fingerprint density at radius 3 is 2.65 bits per heavy atom. The smallest absolute Gasteiger partial charge is 0.278 e. The highest BCUT2D eigenvalue weighted by Crippen LogP contribution is 2.24. The second kappa shape index (κ2) is 6.76. The summed E-state index contributed by atoms with van der Waals surface area (Å²) in [6, 6.07) is 10.6. The number of nitrogens with zero attached hydrogens (tertiary/aromatic N) is 1. The molecule has 0 fully saturated rings. The van der Waals surface area contributed by atoms with Gasteiger partial charge in [0.1, 0.15) is 11.6 Å². The maximum absolute atomic E-state index is 13.1. The molecule has 0 saturated carbocycles. The Hall–Kier alpha value is -2.44. The van der Waals surface area contributed by atoms with Crippen molar-refractivity contribution < 1.29 is 13.9 Å². The Morgan fingerprint density at radius 1 is 1.22 bits per heavy atom. The summed E-state index contributed by atoms with van der Waals surface area (Å²) >= 11 is 7.06. The zero-order chi connectivity index (χ0) is 16.2. The molecule has 0 saturated heterocycles. The van der Waals surface area contributed by atoms with Crippen molar-refractivity contribution in [2.75, 3.05) is 5.32 Å². The lowest BCUT2D eigenvalue weighted by atomic mass is 10.2. The Kier molecular flexibility index (Phi) is 4.55. The molecule has 0 atom stereocenters. The topological polar surface area (TPSA) is 51.2 Å². The molecule has 0 unspecified atom stereocenters. The molecule has 1 heterocycles. The molecule has 0 aliphatic rings. The van der Waals surface area contributed by atoms with Crippen molar-refractivity contribution >= 4 is 34.5 Å². The van der Waals surface area contributed by atoms with Crippen LogP contribution in [0, 0.1) is 5.82 Å². The van der Waals surface area contributed by atoms with Crippen molar-refractivity contribution in [3.05, 3.63) is 70.4 Å². The van der Waals surface area contributed by atoms with Gasteiger partial charge in [-0.3, -0.25) is 4.79 Å². The molecule has 1 N–H and O–H groups in total. The number of benzene rings is 2. The maximum atomic E-state index is 13.1. The summed E-state index contributed by atoms with van der Waals surface area (Å²) in [5, 5.41) is 4.95. The molecule has 0 bridgehead atoms. The number of rotatable bonds is 4. The van der Waals surface area contributed by atoms with Crippen molar-refractivity contribution in [1.29, 1.82) is 0 Å². The molecule has 1 aromatic heterocycles. The van der Waals surface area contributed by atoms with Gasteiger partial charge in [-0.05, 0) is 42.5 Å². The molecule has 116 valence electrons. The second-order valence-corrected chi connectivity index (χ2v) is 5.77. The van der Waals surface area contributed by atoms with Crippen LogP contribution in [0.3, 0.4) is 0 Å². The van der Waals surface area contributed by atoms with Gasteiger partial charge in [-0.25, -0.2) is 9.37 Å². The van der Waals surface area contributed by atoms with E-state index in [1.54, 1.807) is 30.5 Å². The van der Waals surface area contributed by atoms with E-state index < -0.39 is 5.82 Å². The normalized spacial score (nSPS) is 10.3. The molecule has 0 aliphatic heterocycles. The van der Waals surface area contributed by atoms with Crippen LogP contribution >= 0.6 is 22.9 Å². The van der Waals surface area contributed by atoms with E-state index in [4.69, 9.17) is 16.3 Å². The summed E-state index contributed by atoms with van der Waals surface area (Å²) in [4.78, 5) is 16.2. The minimum absolute atomic E-state index is 0.0463. The van der Waals surface area contributed by atoms with Gasteiger partial charge in [0, 0.05) is 22.8 Å². The molecule has 3 rings (SSSR count). The van der Waals surface area contributed by atoms with E-state index >= 15 is 0 Å². The van der Waals surface area contributed by atoms with E-state index in [0.29, 0.717) is 22.2 Å². The van der Waals surface area contributed by atoms with Crippen LogP contribution in [0.2, 0.25) is 5.02 Å². The lowest BCUT2D eigenvalue weighted by Gasteiger charge is -2.07. The molecule has 23 heavy (non-hydrogen) atoms. The highest BCUT2D eigenvalue weighted by molar-refractivity contribution is 7.11. The van der Waals surface area contributed by atoms with E-state index in [-0.39, 0.29) is 10.9 Å². The van der Waals surface area contributed by atoms with Crippen LogP contribution < -0.4 is 10.1 Å². The van der Waals surface area contributed by atoms with Gasteiger partial charge in [0.25, 0.3) is 11.1 Å². The predicted octanol–water partition coefficient (Wildman–Crippen LogP) is 4.98. The highest BCUT2D eigenvalue weighted by atomic mass is 35.5. The Balaban J connectivity index is 1.68. The number of hydrogen-bond donors (Lipinski definition) is 1. The monoisotopic (exact) mass is 348 g/mol. The Morgan fingerprint density at radius 2 is 2.00 bits per heavy atom. The van der Waals surface area contributed by atoms with Crippen molar-refractivity contribution in [1.82, 2.24) is 4.98 Å². The number of amides is 1. The van der Waals surface area contributed by atoms with Gasteiger partial charge in [0.05, 0.1) is 5.02 Å². The van der Waals surface area contributed by atoms with Gasteiger partial charge in [-0.2, -0.15) is 0 Å². The average molecular weight is 349 g/mol. The fraction of sp³-hybridized carbons (Fsp3) is 0. The Bertz CT molecular complexity index is 823. The van der Waals surface area contributed by atoms with Crippen LogP contribution in [0.15, 0.2) is 54.0 Å². The third kappa shape index (κ3) is 3.85. The van der Waals surface area contributed by atoms with Gasteiger partial charge < -0.3 is 10.1 Å². The molecular formula is C16H10ClFN2O2S. The van der Waals surface area contributed by atoms with E-state index in [2.05, 4.69) is 10.3 Å². The average Bonchev–Trinajstić information content (AvgIpc) is 3.04. The van der Waals surface area contributed by atoms with Crippen LogP contribution in [0.25, 0.3) is 0 Å². The zero-order valence-corrected chi connectivity index (χ0v) is 13.2. The lowest BCUT2D eigenvalue weighted by molar-refractivity contribution is 0.102. The van der Waals surface area contributed by atoms with E-state index in [9.17, 15) is 9.18 Å². The molecule has 0 radical (unpaired) electrons. The van der Waals surface area contributed by atoms with Crippen LogP contribution in [0.4, 0.5) is 10.1 Å². The molecular weight excluding hydrogens is 339 g/mol. The zero-order valence-electron chi connectivity index (χ0n) is 11.6. The number of aromatic nitrogens is 1. The van der Waals surface area contributed by atoms with Gasteiger partial charge in [-0.1, -0.05) is 22.9 Å². The van der Waals surface area contributed by atoms with Crippen molar-refractivity contribution in [3.8, 4) is 10.9 Å². The predicted molar refractivity (Wildman–Crippen MR) is 88.0 cm³/mol. The number of thiazole rings is 1. The minimum Gasteiger partial charge on any atom is -0.431 e. The second-order valence-electron chi connectivity index (χ2n) is 4.51. The number of ether oxygens (including phenoxy) is 1. The van der Waals surface area contributed by atoms with Gasteiger partial charge in [-0.15, -0.1) is 0 Å². The van der Waals surface area contributed by atoms with Gasteiger partial charge in [0.2, 0.25) is 0 Å². The van der Waals surface area contributed by atoms with E-state index in [1.165, 1.54) is 29.5 Å². The van der Waals surface area contributed by atoms with Crippen LogP contribution in [-0.4, -0.2) is 10.9 Å². The summed E-state index contributed by atoms with van der Waals surface area (Å²) in [7, 11) is 0. The summed E-state index contributed by atoms with van der Waals surface area (Å²) < 4.78 is 18.6. The first kappa shape index (κ1) is 15.5. The number of carbonyl (C=O) groups excluding carboxylic acids is 1. The minimum atomic E-state index is -0.534. The third-order valence-corrected chi connectivity index (χ3v) is 3.85. The molecule has 1 amide bonds. The quantitative estimate of drug-likeness (QED) is 0.723. The van der Waals surface area contributed by atoms with E-state index in [1.807, 2.05) is 5.38 Å². The summed E-state index contributed by atoms with van der Waals surface area (Å²) in [6.07, 6.45) is 1.65. The maximum Gasteiger partial charge on any atom is 0.278 e. The highest BCUT2D eigenvalue weighted by Gasteiger charge is 2.08. The van der Waals surface area contributed by atoms with Crippen molar-refractivity contribution in [2.45, 2.75) is 0 Å². The first-order valence-electron chi connectivity index (χ1n) is 6.55. The van der Waals surface area contributed by atoms with Crippen LogP contribution in [0.5, 0.6) is 10.9 Å². The Labute approximate surface area is 140 Å². The van der Waals surface area contributed by atoms with Crippen LogP contribution in [-0.2, 0) is 0 Å². The van der Waals surface area contributed by atoms with E-state index in [0.717, 1.165) is 0 Å². The number of carbonyl (C=O) groups is 1. The molecule has 0 aliphatic carbocycles. The number of halogens is 2. The lowest BCUT2D eigenvalue weighted by Crippen LogP contribution is -2.11. The first-order chi connectivity index (χ1) is 11.1. The number of hydrogen-bond acceptors (Lipinski definition) is 4. The third-order valence-electron chi connectivity index (χ3n) is 2.91. The van der Waals surface area contributed by atoms with Crippen molar-refractivity contribution in [3.63, 3.8) is 0 Å². The van der Waals surface area contributed by atoms with Gasteiger partial charge in [0.15, 0.2) is 0 Å². The number of anilines is 1. The molecule has 0 spiro atoms. The molecule has 2 aromatic carbocycles. The molecule has 7 heteroatoms. The van der Waals surface area contributed by atoms with Gasteiger partial charge >= 0.3 is 0 Å². The summed E-state index contributed by atoms with van der Waals surface area (Å²) in [5.74, 6) is -0.275. The number of nitrogens with one attached hydrogen (secondary N) is 1. The largest absolute Gasteiger partial charge is 0.431 e. The fourth-order valence-corrected chi connectivity index (χ4v) is 2.50. The summed E-state index contributed by atoms with van der Waals surface area (Å²) in [6.45, 7) is 0. The van der Waals surface area contributed by atoms with Crippen LogP contribution in [0.1, 0.15) is 10.4 Å². The first-order valence-corrected chi connectivity index (χ1v) is 7.81. The molecule has 3 aromatic rings.